The van der Waals surface area contributed by atoms with Gasteiger partial charge in [-0.1, -0.05) is 18.2 Å². The highest BCUT2D eigenvalue weighted by molar-refractivity contribution is 14.1. The molecule has 5 heteroatoms. The van der Waals surface area contributed by atoms with Crippen LogP contribution in [-0.4, -0.2) is 25.7 Å². The van der Waals surface area contributed by atoms with Crippen molar-refractivity contribution in [3.63, 3.8) is 0 Å². The minimum absolute atomic E-state index is 0.0393. The molecule has 0 spiro atoms. The SMILES string of the molecule is O=C(NCCc1ccc2c(c1)OCCO2)c1ccccc1I. The summed E-state index contributed by atoms with van der Waals surface area (Å²) in [5.74, 6) is 1.54. The van der Waals surface area contributed by atoms with Gasteiger partial charge in [-0.2, -0.15) is 0 Å². The number of fused-ring (bicyclic) bond motifs is 1. The zero-order valence-corrected chi connectivity index (χ0v) is 14.1. The summed E-state index contributed by atoms with van der Waals surface area (Å²) in [5, 5.41) is 2.95. The number of benzene rings is 2. The first-order valence-electron chi connectivity index (χ1n) is 7.15. The third kappa shape index (κ3) is 3.52. The molecule has 4 nitrogen and oxygen atoms in total. The van der Waals surface area contributed by atoms with Gasteiger partial charge in [0, 0.05) is 10.1 Å². The molecule has 3 rings (SSSR count). The first kappa shape index (κ1) is 15.1. The zero-order valence-electron chi connectivity index (χ0n) is 12.0. The van der Waals surface area contributed by atoms with E-state index < -0.39 is 0 Å². The minimum atomic E-state index is -0.0393. The Bertz CT molecular complexity index is 687. The molecule has 0 bridgehead atoms. The maximum atomic E-state index is 12.1. The average Bonchev–Trinajstić information content (AvgIpc) is 2.55. The second kappa shape index (κ2) is 7.00. The van der Waals surface area contributed by atoms with Crippen LogP contribution in [0.5, 0.6) is 11.5 Å². The maximum absolute atomic E-state index is 12.1. The van der Waals surface area contributed by atoms with E-state index in [1.54, 1.807) is 0 Å². The smallest absolute Gasteiger partial charge is 0.252 e. The molecule has 0 unspecified atom stereocenters. The summed E-state index contributed by atoms with van der Waals surface area (Å²) < 4.78 is 12.0. The summed E-state index contributed by atoms with van der Waals surface area (Å²) in [6.07, 6.45) is 0.756. The van der Waals surface area contributed by atoms with Crippen LogP contribution in [-0.2, 0) is 6.42 Å². The molecule has 0 atom stereocenters. The Labute approximate surface area is 143 Å². The number of hydrogen-bond donors (Lipinski definition) is 1. The number of carbonyl (C=O) groups is 1. The van der Waals surface area contributed by atoms with Crippen molar-refractivity contribution in [1.82, 2.24) is 5.32 Å². The van der Waals surface area contributed by atoms with E-state index in [-0.39, 0.29) is 5.91 Å². The van der Waals surface area contributed by atoms with Crippen LogP contribution in [0.3, 0.4) is 0 Å². The molecule has 0 aromatic heterocycles. The van der Waals surface area contributed by atoms with Gasteiger partial charge >= 0.3 is 0 Å². The minimum Gasteiger partial charge on any atom is -0.486 e. The van der Waals surface area contributed by atoms with Gasteiger partial charge in [0.05, 0.1) is 5.56 Å². The summed E-state index contributed by atoms with van der Waals surface area (Å²) in [6.45, 7) is 1.77. The molecule has 114 valence electrons. The highest BCUT2D eigenvalue weighted by atomic mass is 127. The fourth-order valence-electron chi connectivity index (χ4n) is 2.30. The Hall–Kier alpha value is -1.76. The lowest BCUT2D eigenvalue weighted by atomic mass is 10.1. The summed E-state index contributed by atoms with van der Waals surface area (Å²) in [4.78, 5) is 12.1. The first-order valence-corrected chi connectivity index (χ1v) is 8.23. The zero-order chi connectivity index (χ0) is 15.4. The van der Waals surface area contributed by atoms with Crippen LogP contribution in [0.1, 0.15) is 15.9 Å². The Morgan fingerprint density at radius 1 is 1.09 bits per heavy atom. The molecule has 2 aromatic rings. The van der Waals surface area contributed by atoms with E-state index in [9.17, 15) is 4.79 Å². The molecule has 1 aliphatic rings. The predicted octanol–water partition coefficient (Wildman–Crippen LogP) is 3.03. The van der Waals surface area contributed by atoms with E-state index in [1.807, 2.05) is 42.5 Å². The van der Waals surface area contributed by atoms with Gasteiger partial charge in [0.15, 0.2) is 11.5 Å². The van der Waals surface area contributed by atoms with Gasteiger partial charge in [0.1, 0.15) is 13.2 Å². The first-order chi connectivity index (χ1) is 10.7. The van der Waals surface area contributed by atoms with Crippen molar-refractivity contribution in [1.29, 1.82) is 0 Å². The van der Waals surface area contributed by atoms with Crippen molar-refractivity contribution in [3.05, 3.63) is 57.2 Å². The number of carbonyl (C=O) groups excluding carboxylic acids is 1. The molecule has 0 fully saturated rings. The topological polar surface area (TPSA) is 47.6 Å². The van der Waals surface area contributed by atoms with Gasteiger partial charge in [0.2, 0.25) is 0 Å². The van der Waals surface area contributed by atoms with E-state index in [0.29, 0.717) is 25.3 Å². The van der Waals surface area contributed by atoms with E-state index in [1.165, 1.54) is 0 Å². The van der Waals surface area contributed by atoms with Crippen LogP contribution < -0.4 is 14.8 Å². The van der Waals surface area contributed by atoms with Gasteiger partial charge in [-0.05, 0) is 58.8 Å². The van der Waals surface area contributed by atoms with Gasteiger partial charge < -0.3 is 14.8 Å². The van der Waals surface area contributed by atoms with Crippen LogP contribution in [0.2, 0.25) is 0 Å². The van der Waals surface area contributed by atoms with Crippen molar-refractivity contribution < 1.29 is 14.3 Å². The third-order valence-corrected chi connectivity index (χ3v) is 4.36. The monoisotopic (exact) mass is 409 g/mol. The molecular formula is C17H16INO3. The van der Waals surface area contributed by atoms with Gasteiger partial charge in [-0.15, -0.1) is 0 Å². The lowest BCUT2D eigenvalue weighted by Crippen LogP contribution is -2.26. The van der Waals surface area contributed by atoms with Gasteiger partial charge in [-0.25, -0.2) is 0 Å². The van der Waals surface area contributed by atoms with E-state index in [2.05, 4.69) is 27.9 Å². The largest absolute Gasteiger partial charge is 0.486 e. The highest BCUT2D eigenvalue weighted by Crippen LogP contribution is 2.30. The molecule has 2 aromatic carbocycles. The second-order valence-corrected chi connectivity index (χ2v) is 6.13. The Kier molecular flexibility index (Phi) is 4.82. The van der Waals surface area contributed by atoms with E-state index >= 15 is 0 Å². The predicted molar refractivity (Wildman–Crippen MR) is 92.6 cm³/mol. The molecule has 0 saturated carbocycles. The Balaban J connectivity index is 1.57. The summed E-state index contributed by atoms with van der Waals surface area (Å²) >= 11 is 2.17. The molecule has 1 aliphatic heterocycles. The lowest BCUT2D eigenvalue weighted by molar-refractivity contribution is 0.0953. The molecule has 1 N–H and O–H groups in total. The van der Waals surface area contributed by atoms with Crippen molar-refractivity contribution >= 4 is 28.5 Å². The fraction of sp³-hybridized carbons (Fsp3) is 0.235. The van der Waals surface area contributed by atoms with Crippen molar-refractivity contribution in [2.75, 3.05) is 19.8 Å². The molecule has 0 radical (unpaired) electrons. The summed E-state index contributed by atoms with van der Waals surface area (Å²) in [7, 11) is 0. The third-order valence-electron chi connectivity index (χ3n) is 3.42. The molecule has 22 heavy (non-hydrogen) atoms. The van der Waals surface area contributed by atoms with Gasteiger partial charge in [-0.3, -0.25) is 4.79 Å². The Morgan fingerprint density at radius 3 is 2.68 bits per heavy atom. The molecule has 0 aliphatic carbocycles. The lowest BCUT2D eigenvalue weighted by Gasteiger charge is -2.18. The standard InChI is InChI=1S/C17H16INO3/c18-14-4-2-1-3-13(14)17(20)19-8-7-12-5-6-15-16(11-12)22-10-9-21-15/h1-6,11H,7-10H2,(H,19,20). The van der Waals surface area contributed by atoms with Crippen LogP contribution in [0, 0.1) is 3.57 Å². The summed E-state index contributed by atoms with van der Waals surface area (Å²) in [6, 6.07) is 13.5. The van der Waals surface area contributed by atoms with Crippen molar-refractivity contribution in [3.8, 4) is 11.5 Å². The van der Waals surface area contributed by atoms with Gasteiger partial charge in [0.25, 0.3) is 5.91 Å². The number of amides is 1. The molecule has 1 heterocycles. The molecular weight excluding hydrogens is 393 g/mol. The second-order valence-electron chi connectivity index (χ2n) is 4.96. The van der Waals surface area contributed by atoms with Crippen LogP contribution in [0.25, 0.3) is 0 Å². The van der Waals surface area contributed by atoms with Crippen LogP contribution in [0.15, 0.2) is 42.5 Å². The number of ether oxygens (including phenoxy) is 2. The van der Waals surface area contributed by atoms with Crippen molar-refractivity contribution in [2.45, 2.75) is 6.42 Å². The number of nitrogens with one attached hydrogen (secondary N) is 1. The highest BCUT2D eigenvalue weighted by Gasteiger charge is 2.12. The summed E-state index contributed by atoms with van der Waals surface area (Å²) in [5.41, 5.74) is 1.83. The van der Waals surface area contributed by atoms with Crippen LogP contribution in [0.4, 0.5) is 0 Å². The van der Waals surface area contributed by atoms with Crippen molar-refractivity contribution in [2.24, 2.45) is 0 Å². The van der Waals surface area contributed by atoms with E-state index in [4.69, 9.17) is 9.47 Å². The maximum Gasteiger partial charge on any atom is 0.252 e. The molecule has 1 amide bonds. The van der Waals surface area contributed by atoms with Crippen LogP contribution >= 0.6 is 22.6 Å². The van der Waals surface area contributed by atoms with E-state index in [0.717, 1.165) is 27.1 Å². The normalized spacial score (nSPS) is 12.8. The number of hydrogen-bond acceptors (Lipinski definition) is 3. The number of halogens is 1. The fourth-order valence-corrected chi connectivity index (χ4v) is 2.94. The number of rotatable bonds is 4. The molecule has 0 saturated heterocycles. The quantitative estimate of drug-likeness (QED) is 0.790. The average molecular weight is 409 g/mol. The Morgan fingerprint density at radius 2 is 1.86 bits per heavy atom.